The third-order valence-electron chi connectivity index (χ3n) is 7.79. The van der Waals surface area contributed by atoms with Gasteiger partial charge in [-0.2, -0.15) is 8.78 Å². The standard InChI is InChI=1S/C29H30F3N9O3/c1-38(14-20-4-3-18(11-33-20)27-36-37-28(44-27)26(31)32)25-10-23(30)22(9-24(25)39(2)17-42)19-12-34-29(35-13-19)41-7-5-40(6-8-41)21-15-43-16-21/h3-4,9-13,17,21,26H,5-8,14-16H2,1-2H3. The second kappa shape index (κ2) is 12.5. The minimum Gasteiger partial charge on any atom is -0.415 e. The zero-order valence-corrected chi connectivity index (χ0v) is 24.1. The van der Waals surface area contributed by atoms with Crippen LogP contribution in [0.15, 0.2) is 47.3 Å². The van der Waals surface area contributed by atoms with Crippen LogP contribution < -0.4 is 14.7 Å². The predicted molar refractivity (Wildman–Crippen MR) is 155 cm³/mol. The molecule has 0 atom stereocenters. The molecule has 12 nitrogen and oxygen atoms in total. The molecule has 4 aromatic rings. The molecule has 230 valence electrons. The van der Waals surface area contributed by atoms with Crippen molar-refractivity contribution in [1.82, 2.24) is 30.0 Å². The zero-order chi connectivity index (χ0) is 30.8. The van der Waals surface area contributed by atoms with E-state index in [1.54, 1.807) is 49.6 Å². The highest BCUT2D eigenvalue weighted by molar-refractivity contribution is 5.87. The molecule has 0 saturated carbocycles. The molecule has 0 unspecified atom stereocenters. The van der Waals surface area contributed by atoms with E-state index in [0.29, 0.717) is 46.6 Å². The molecule has 2 fully saturated rings. The fourth-order valence-corrected chi connectivity index (χ4v) is 5.17. The van der Waals surface area contributed by atoms with Crippen LogP contribution in [0.2, 0.25) is 0 Å². The Kier molecular flexibility index (Phi) is 8.39. The van der Waals surface area contributed by atoms with E-state index in [1.165, 1.54) is 17.2 Å². The van der Waals surface area contributed by atoms with Crippen molar-refractivity contribution in [1.29, 1.82) is 0 Å². The van der Waals surface area contributed by atoms with Gasteiger partial charge in [0.25, 0.3) is 5.89 Å². The number of hydrogen-bond donors (Lipinski definition) is 0. The maximum atomic E-state index is 15.6. The number of amides is 1. The second-order valence-corrected chi connectivity index (χ2v) is 10.7. The van der Waals surface area contributed by atoms with Crippen LogP contribution in [0.4, 0.5) is 30.5 Å². The Bertz CT molecular complexity index is 1590. The summed E-state index contributed by atoms with van der Waals surface area (Å²) >= 11 is 0. The van der Waals surface area contributed by atoms with Crippen molar-refractivity contribution in [2.45, 2.75) is 19.0 Å². The molecule has 3 aromatic heterocycles. The maximum Gasteiger partial charge on any atom is 0.314 e. The highest BCUT2D eigenvalue weighted by Crippen LogP contribution is 2.36. The predicted octanol–water partition coefficient (Wildman–Crippen LogP) is 3.42. The molecule has 2 saturated heterocycles. The fourth-order valence-electron chi connectivity index (χ4n) is 5.17. The van der Waals surface area contributed by atoms with Gasteiger partial charge in [0, 0.05) is 70.0 Å². The topological polar surface area (TPSA) is 117 Å². The van der Waals surface area contributed by atoms with Crippen molar-refractivity contribution in [3.8, 4) is 22.6 Å². The third-order valence-corrected chi connectivity index (χ3v) is 7.79. The Hall–Kier alpha value is -4.63. The summed E-state index contributed by atoms with van der Waals surface area (Å²) in [5.74, 6) is -0.749. The SMILES string of the molecule is CN(C=O)c1cc(-c2cnc(N3CCN(C4COC4)CC3)nc2)c(F)cc1N(C)Cc1ccc(-c2nnc(C(F)F)o2)cn1. The van der Waals surface area contributed by atoms with E-state index in [4.69, 9.17) is 9.15 Å². The van der Waals surface area contributed by atoms with Gasteiger partial charge < -0.3 is 23.9 Å². The maximum absolute atomic E-state index is 15.6. The number of ether oxygens (including phenoxy) is 1. The number of aromatic nitrogens is 5. The second-order valence-electron chi connectivity index (χ2n) is 10.7. The molecule has 2 aliphatic rings. The first-order valence-electron chi connectivity index (χ1n) is 14.0. The first kappa shape index (κ1) is 29.4. The molecule has 0 radical (unpaired) electrons. The quantitative estimate of drug-likeness (QED) is 0.246. The molecule has 0 spiro atoms. The molecule has 0 N–H and O–H groups in total. The number of carbonyl (C=O) groups is 1. The summed E-state index contributed by atoms with van der Waals surface area (Å²) in [7, 11) is 3.33. The highest BCUT2D eigenvalue weighted by atomic mass is 19.3. The normalized spacial score (nSPS) is 15.8. The van der Waals surface area contributed by atoms with Crippen molar-refractivity contribution >= 4 is 23.7 Å². The molecule has 15 heteroatoms. The minimum atomic E-state index is -2.87. The lowest BCUT2D eigenvalue weighted by Gasteiger charge is -2.42. The number of rotatable bonds is 10. The van der Waals surface area contributed by atoms with Gasteiger partial charge in [-0.3, -0.25) is 14.7 Å². The number of anilines is 3. The van der Waals surface area contributed by atoms with Crippen molar-refractivity contribution < 1.29 is 27.1 Å². The van der Waals surface area contributed by atoms with Gasteiger partial charge >= 0.3 is 6.43 Å². The monoisotopic (exact) mass is 609 g/mol. The molecule has 5 heterocycles. The average molecular weight is 610 g/mol. The number of carbonyl (C=O) groups excluding carboxylic acids is 1. The molecule has 0 bridgehead atoms. The highest BCUT2D eigenvalue weighted by Gasteiger charge is 2.29. The van der Waals surface area contributed by atoms with Gasteiger partial charge in [0.1, 0.15) is 5.82 Å². The smallest absolute Gasteiger partial charge is 0.314 e. The van der Waals surface area contributed by atoms with E-state index in [0.717, 1.165) is 39.4 Å². The summed E-state index contributed by atoms with van der Waals surface area (Å²) in [6.07, 6.45) is 2.41. The summed E-state index contributed by atoms with van der Waals surface area (Å²) < 4.78 is 51.4. The van der Waals surface area contributed by atoms with E-state index in [1.807, 2.05) is 0 Å². The summed E-state index contributed by atoms with van der Waals surface area (Å²) in [6.45, 7) is 5.24. The molecule has 44 heavy (non-hydrogen) atoms. The van der Waals surface area contributed by atoms with E-state index >= 15 is 4.39 Å². The fraction of sp³-hybridized carbons (Fsp3) is 0.379. The van der Waals surface area contributed by atoms with Gasteiger partial charge in [0.05, 0.1) is 48.4 Å². The number of halogens is 3. The van der Waals surface area contributed by atoms with Crippen LogP contribution >= 0.6 is 0 Å². The van der Waals surface area contributed by atoms with Crippen molar-refractivity contribution in [2.75, 3.05) is 68.2 Å². The van der Waals surface area contributed by atoms with E-state index < -0.39 is 18.1 Å². The van der Waals surface area contributed by atoms with Gasteiger partial charge in [0.15, 0.2) is 0 Å². The Morgan fingerprint density at radius 1 is 0.977 bits per heavy atom. The Balaban J connectivity index is 1.17. The lowest BCUT2D eigenvalue weighted by molar-refractivity contribution is -0.107. The lowest BCUT2D eigenvalue weighted by Crippen LogP contribution is -2.56. The Labute approximate surface area is 251 Å². The molecule has 1 aromatic carbocycles. The Morgan fingerprint density at radius 2 is 1.70 bits per heavy atom. The number of hydrogen-bond acceptors (Lipinski definition) is 11. The van der Waals surface area contributed by atoms with E-state index in [2.05, 4.69) is 34.9 Å². The van der Waals surface area contributed by atoms with Crippen molar-refractivity contribution in [3.63, 3.8) is 0 Å². The van der Waals surface area contributed by atoms with Gasteiger partial charge in [-0.05, 0) is 24.3 Å². The van der Waals surface area contributed by atoms with Crippen LogP contribution in [-0.4, -0.2) is 96.0 Å². The van der Waals surface area contributed by atoms with Crippen LogP contribution in [0, 0.1) is 5.82 Å². The number of nitrogens with zero attached hydrogens (tertiary/aromatic N) is 9. The average Bonchev–Trinajstić information content (AvgIpc) is 3.52. The molecular formula is C29H30F3N9O3. The van der Waals surface area contributed by atoms with Crippen LogP contribution in [0.25, 0.3) is 22.6 Å². The first-order chi connectivity index (χ1) is 21.3. The van der Waals surface area contributed by atoms with Crippen LogP contribution in [0.1, 0.15) is 18.0 Å². The number of benzene rings is 1. The van der Waals surface area contributed by atoms with E-state index in [9.17, 15) is 13.6 Å². The number of pyridine rings is 1. The number of alkyl halides is 2. The summed E-state index contributed by atoms with van der Waals surface area (Å²) in [6, 6.07) is 6.75. The largest absolute Gasteiger partial charge is 0.415 e. The molecule has 2 aliphatic heterocycles. The van der Waals surface area contributed by atoms with Gasteiger partial charge in [-0.15, -0.1) is 10.2 Å². The van der Waals surface area contributed by atoms with Crippen molar-refractivity contribution in [2.24, 2.45) is 0 Å². The molecule has 1 amide bonds. The number of piperazine rings is 1. The summed E-state index contributed by atoms with van der Waals surface area (Å²) in [5, 5.41) is 6.95. The molecule has 6 rings (SSSR count). The van der Waals surface area contributed by atoms with Crippen molar-refractivity contribution in [3.05, 3.63) is 60.3 Å². The van der Waals surface area contributed by atoms with Crippen LogP contribution in [0.5, 0.6) is 0 Å². The molecule has 0 aliphatic carbocycles. The lowest BCUT2D eigenvalue weighted by atomic mass is 10.1. The van der Waals surface area contributed by atoms with Crippen LogP contribution in [0.3, 0.4) is 0 Å². The van der Waals surface area contributed by atoms with Gasteiger partial charge in [-0.1, -0.05) is 0 Å². The first-order valence-corrected chi connectivity index (χ1v) is 14.0. The Morgan fingerprint density at radius 3 is 2.30 bits per heavy atom. The minimum absolute atomic E-state index is 0.0701. The van der Waals surface area contributed by atoms with E-state index in [-0.39, 0.29) is 18.0 Å². The van der Waals surface area contributed by atoms with Crippen LogP contribution in [-0.2, 0) is 16.1 Å². The summed E-state index contributed by atoms with van der Waals surface area (Å²) in [4.78, 5) is 32.8. The van der Waals surface area contributed by atoms with Gasteiger partial charge in [-0.25, -0.2) is 14.4 Å². The molecular weight excluding hydrogens is 579 g/mol. The van der Waals surface area contributed by atoms with Gasteiger partial charge in [0.2, 0.25) is 18.2 Å². The summed E-state index contributed by atoms with van der Waals surface area (Å²) in [5.41, 5.74) is 2.65. The third kappa shape index (κ3) is 6.05. The zero-order valence-electron chi connectivity index (χ0n) is 24.1.